The Labute approximate surface area is 128 Å². The molecular weight excluding hydrogens is 291 g/mol. The smallest absolute Gasteiger partial charge is 0.221 e. The van der Waals surface area contributed by atoms with Crippen molar-refractivity contribution in [2.45, 2.75) is 20.4 Å². The SMILES string of the molecule is CC(=O)Nc1ccc(C)c(NCc2cccc(Cl)c2F)c1. The van der Waals surface area contributed by atoms with E-state index in [1.54, 1.807) is 12.1 Å². The fraction of sp³-hybridized carbons (Fsp3) is 0.188. The van der Waals surface area contributed by atoms with Crippen molar-refractivity contribution in [1.82, 2.24) is 0 Å². The van der Waals surface area contributed by atoms with Gasteiger partial charge >= 0.3 is 0 Å². The second-order valence-electron chi connectivity index (χ2n) is 4.78. The first kappa shape index (κ1) is 15.3. The summed E-state index contributed by atoms with van der Waals surface area (Å²) in [6, 6.07) is 10.4. The normalized spacial score (nSPS) is 10.3. The van der Waals surface area contributed by atoms with Crippen molar-refractivity contribution in [3.63, 3.8) is 0 Å². The van der Waals surface area contributed by atoms with Gasteiger partial charge in [0.1, 0.15) is 5.82 Å². The third-order valence-electron chi connectivity index (χ3n) is 3.06. The number of hydrogen-bond acceptors (Lipinski definition) is 2. The molecule has 2 aromatic rings. The summed E-state index contributed by atoms with van der Waals surface area (Å²) in [6.45, 7) is 3.71. The van der Waals surface area contributed by atoms with Gasteiger partial charge < -0.3 is 10.6 Å². The average molecular weight is 307 g/mol. The van der Waals surface area contributed by atoms with Crippen molar-refractivity contribution >= 4 is 28.9 Å². The lowest BCUT2D eigenvalue weighted by atomic mass is 10.1. The first-order valence-corrected chi connectivity index (χ1v) is 6.90. The summed E-state index contributed by atoms with van der Waals surface area (Å²) >= 11 is 5.76. The van der Waals surface area contributed by atoms with Crippen LogP contribution in [0.5, 0.6) is 0 Å². The third-order valence-corrected chi connectivity index (χ3v) is 3.35. The van der Waals surface area contributed by atoms with Crippen LogP contribution in [0, 0.1) is 12.7 Å². The maximum absolute atomic E-state index is 13.8. The zero-order valence-corrected chi connectivity index (χ0v) is 12.6. The van der Waals surface area contributed by atoms with E-state index in [9.17, 15) is 9.18 Å². The van der Waals surface area contributed by atoms with Crippen molar-refractivity contribution in [1.29, 1.82) is 0 Å². The first-order valence-electron chi connectivity index (χ1n) is 6.52. The topological polar surface area (TPSA) is 41.1 Å². The van der Waals surface area contributed by atoms with Crippen molar-refractivity contribution < 1.29 is 9.18 Å². The highest BCUT2D eigenvalue weighted by atomic mass is 35.5. The van der Waals surface area contributed by atoms with E-state index >= 15 is 0 Å². The lowest BCUT2D eigenvalue weighted by molar-refractivity contribution is -0.114. The van der Waals surface area contributed by atoms with Crippen LogP contribution >= 0.6 is 11.6 Å². The van der Waals surface area contributed by atoms with Gasteiger partial charge in [0.25, 0.3) is 0 Å². The van der Waals surface area contributed by atoms with E-state index < -0.39 is 5.82 Å². The van der Waals surface area contributed by atoms with Crippen LogP contribution in [0.3, 0.4) is 0 Å². The Balaban J connectivity index is 2.15. The molecule has 0 aliphatic rings. The molecule has 5 heteroatoms. The number of anilines is 2. The van der Waals surface area contributed by atoms with Crippen LogP contribution in [-0.4, -0.2) is 5.91 Å². The van der Waals surface area contributed by atoms with E-state index in [0.717, 1.165) is 11.3 Å². The van der Waals surface area contributed by atoms with Gasteiger partial charge in [-0.3, -0.25) is 4.79 Å². The Morgan fingerprint density at radius 3 is 2.76 bits per heavy atom. The van der Waals surface area contributed by atoms with Gasteiger partial charge in [0.15, 0.2) is 0 Å². The van der Waals surface area contributed by atoms with Gasteiger partial charge in [0, 0.05) is 30.4 Å². The first-order chi connectivity index (χ1) is 9.97. The summed E-state index contributed by atoms with van der Waals surface area (Å²) in [5, 5.41) is 5.99. The number of halogens is 2. The highest BCUT2D eigenvalue weighted by molar-refractivity contribution is 6.30. The second kappa shape index (κ2) is 6.59. The zero-order chi connectivity index (χ0) is 15.4. The predicted octanol–water partition coefficient (Wildman–Crippen LogP) is 4.36. The molecule has 0 aliphatic carbocycles. The Morgan fingerprint density at radius 1 is 1.29 bits per heavy atom. The lowest BCUT2D eigenvalue weighted by Gasteiger charge is -2.12. The molecule has 0 fully saturated rings. The number of rotatable bonds is 4. The minimum atomic E-state index is -0.415. The van der Waals surface area contributed by atoms with Gasteiger partial charge in [-0.25, -0.2) is 4.39 Å². The molecule has 0 atom stereocenters. The number of carbonyl (C=O) groups excluding carboxylic acids is 1. The van der Waals surface area contributed by atoms with Crippen molar-refractivity contribution in [2.75, 3.05) is 10.6 Å². The van der Waals surface area contributed by atoms with Crippen LogP contribution in [0.25, 0.3) is 0 Å². The molecule has 110 valence electrons. The molecule has 0 aromatic heterocycles. The summed E-state index contributed by atoms with van der Waals surface area (Å²) in [5.74, 6) is -0.548. The molecule has 3 nitrogen and oxygen atoms in total. The van der Waals surface area contributed by atoms with Crippen LogP contribution < -0.4 is 10.6 Å². The number of aryl methyl sites for hydroxylation is 1. The summed E-state index contributed by atoms with van der Waals surface area (Å²) in [4.78, 5) is 11.1. The minimum Gasteiger partial charge on any atom is -0.381 e. The molecule has 2 rings (SSSR count). The highest BCUT2D eigenvalue weighted by Gasteiger charge is 2.07. The number of amides is 1. The molecule has 0 radical (unpaired) electrons. The molecule has 0 spiro atoms. The van der Waals surface area contributed by atoms with Crippen LogP contribution in [0.1, 0.15) is 18.1 Å². The molecule has 2 N–H and O–H groups in total. The molecular formula is C16H16ClFN2O. The lowest BCUT2D eigenvalue weighted by Crippen LogP contribution is -2.07. The van der Waals surface area contributed by atoms with E-state index in [1.165, 1.54) is 13.0 Å². The monoisotopic (exact) mass is 306 g/mol. The zero-order valence-electron chi connectivity index (χ0n) is 11.8. The molecule has 0 aliphatic heterocycles. The van der Waals surface area contributed by atoms with Crippen LogP contribution in [0.2, 0.25) is 5.02 Å². The van der Waals surface area contributed by atoms with Crippen molar-refractivity contribution in [3.8, 4) is 0 Å². The van der Waals surface area contributed by atoms with Gasteiger partial charge in [-0.1, -0.05) is 29.8 Å². The molecule has 0 saturated heterocycles. The molecule has 21 heavy (non-hydrogen) atoms. The Morgan fingerprint density at radius 2 is 2.05 bits per heavy atom. The maximum Gasteiger partial charge on any atom is 0.221 e. The number of hydrogen-bond donors (Lipinski definition) is 2. The fourth-order valence-corrected chi connectivity index (χ4v) is 2.16. The van der Waals surface area contributed by atoms with E-state index in [2.05, 4.69) is 10.6 Å². The van der Waals surface area contributed by atoms with Gasteiger partial charge in [0.05, 0.1) is 5.02 Å². The Kier molecular flexibility index (Phi) is 4.81. The fourth-order valence-electron chi connectivity index (χ4n) is 1.97. The van der Waals surface area contributed by atoms with Crippen molar-refractivity contribution in [2.24, 2.45) is 0 Å². The summed E-state index contributed by atoms with van der Waals surface area (Å²) in [7, 11) is 0. The quantitative estimate of drug-likeness (QED) is 0.881. The molecule has 0 saturated carbocycles. The van der Waals surface area contributed by atoms with Crippen LogP contribution in [0.15, 0.2) is 36.4 Å². The van der Waals surface area contributed by atoms with E-state index in [1.807, 2.05) is 25.1 Å². The molecule has 0 unspecified atom stereocenters. The summed E-state index contributed by atoms with van der Waals surface area (Å²) in [5.41, 5.74) is 3.03. The number of benzene rings is 2. The highest BCUT2D eigenvalue weighted by Crippen LogP contribution is 2.23. The molecule has 1 amide bonds. The standard InChI is InChI=1S/C16H16ClFN2O/c1-10-6-7-13(20-11(2)21)8-15(10)19-9-12-4-3-5-14(17)16(12)18/h3-8,19H,9H2,1-2H3,(H,20,21). The van der Waals surface area contributed by atoms with Gasteiger partial charge in [-0.2, -0.15) is 0 Å². The molecule has 2 aromatic carbocycles. The predicted molar refractivity (Wildman–Crippen MR) is 84.2 cm³/mol. The van der Waals surface area contributed by atoms with E-state index in [0.29, 0.717) is 17.8 Å². The largest absolute Gasteiger partial charge is 0.381 e. The average Bonchev–Trinajstić information content (AvgIpc) is 2.43. The minimum absolute atomic E-state index is 0.109. The van der Waals surface area contributed by atoms with E-state index in [4.69, 9.17) is 11.6 Å². The second-order valence-corrected chi connectivity index (χ2v) is 5.18. The van der Waals surface area contributed by atoms with Crippen molar-refractivity contribution in [3.05, 3.63) is 58.4 Å². The van der Waals surface area contributed by atoms with Gasteiger partial charge in [-0.05, 0) is 30.7 Å². The molecule has 0 heterocycles. The Hall–Kier alpha value is -2.07. The van der Waals surface area contributed by atoms with E-state index in [-0.39, 0.29) is 10.9 Å². The summed E-state index contributed by atoms with van der Waals surface area (Å²) < 4.78 is 13.8. The van der Waals surface area contributed by atoms with Gasteiger partial charge in [0.2, 0.25) is 5.91 Å². The maximum atomic E-state index is 13.8. The number of carbonyl (C=O) groups is 1. The van der Waals surface area contributed by atoms with Crippen LogP contribution in [0.4, 0.5) is 15.8 Å². The number of nitrogens with one attached hydrogen (secondary N) is 2. The van der Waals surface area contributed by atoms with Crippen LogP contribution in [-0.2, 0) is 11.3 Å². The van der Waals surface area contributed by atoms with Gasteiger partial charge in [-0.15, -0.1) is 0 Å². The Bertz CT molecular complexity index is 673. The summed E-state index contributed by atoms with van der Waals surface area (Å²) in [6.07, 6.45) is 0. The molecule has 0 bridgehead atoms. The third kappa shape index (κ3) is 3.95.